The first kappa shape index (κ1) is 13.5. The molecule has 1 saturated carbocycles. The molecule has 0 aliphatic heterocycles. The van der Waals surface area contributed by atoms with Crippen LogP contribution in [0.2, 0.25) is 0 Å². The van der Waals surface area contributed by atoms with Crippen LogP contribution >= 0.6 is 0 Å². The molecule has 0 unspecified atom stereocenters. The van der Waals surface area contributed by atoms with E-state index in [-0.39, 0.29) is 5.91 Å². The van der Waals surface area contributed by atoms with E-state index in [0.29, 0.717) is 18.6 Å². The van der Waals surface area contributed by atoms with Gasteiger partial charge in [-0.3, -0.25) is 9.69 Å². The van der Waals surface area contributed by atoms with Crippen molar-refractivity contribution in [2.45, 2.75) is 44.7 Å². The highest BCUT2D eigenvalue weighted by molar-refractivity contribution is 5.77. The fraction of sp³-hybridized carbons (Fsp3) is 0.917. The molecular weight excluding hydrogens is 202 g/mol. The van der Waals surface area contributed by atoms with Gasteiger partial charge in [0, 0.05) is 25.7 Å². The monoisotopic (exact) mass is 227 g/mol. The molecule has 0 heterocycles. The Balaban J connectivity index is 2.34. The maximum Gasteiger partial charge on any atom is 0.236 e. The summed E-state index contributed by atoms with van der Waals surface area (Å²) in [4.78, 5) is 15.7. The maximum atomic E-state index is 11.8. The quantitative estimate of drug-likeness (QED) is 0.768. The van der Waals surface area contributed by atoms with Gasteiger partial charge in [-0.25, -0.2) is 0 Å². The zero-order valence-electron chi connectivity index (χ0n) is 10.8. The lowest BCUT2D eigenvalue weighted by Gasteiger charge is -2.33. The highest BCUT2D eigenvalue weighted by Gasteiger charge is 2.23. The molecule has 1 rings (SSSR count). The molecule has 4 heteroatoms. The lowest BCUT2D eigenvalue weighted by atomic mass is 9.91. The van der Waals surface area contributed by atoms with Crippen molar-refractivity contribution in [3.8, 4) is 0 Å². The van der Waals surface area contributed by atoms with Gasteiger partial charge in [-0.15, -0.1) is 0 Å². The largest absolute Gasteiger partial charge is 0.345 e. The summed E-state index contributed by atoms with van der Waals surface area (Å²) in [6, 6.07) is 0.910. The number of carbonyl (C=O) groups excluding carboxylic acids is 1. The van der Waals surface area contributed by atoms with Crippen LogP contribution in [0.5, 0.6) is 0 Å². The third-order valence-electron chi connectivity index (χ3n) is 3.65. The Bertz CT molecular complexity index is 224. The number of hydrogen-bond donors (Lipinski definition) is 1. The molecule has 1 aliphatic rings. The van der Waals surface area contributed by atoms with Crippen LogP contribution in [-0.4, -0.2) is 55.0 Å². The Morgan fingerprint density at radius 2 is 1.81 bits per heavy atom. The summed E-state index contributed by atoms with van der Waals surface area (Å²) in [5, 5.41) is 0. The molecule has 16 heavy (non-hydrogen) atoms. The van der Waals surface area contributed by atoms with Gasteiger partial charge >= 0.3 is 0 Å². The van der Waals surface area contributed by atoms with Crippen molar-refractivity contribution in [1.29, 1.82) is 0 Å². The highest BCUT2D eigenvalue weighted by Crippen LogP contribution is 2.20. The molecule has 1 aliphatic carbocycles. The zero-order valence-corrected chi connectivity index (χ0v) is 10.8. The van der Waals surface area contributed by atoms with E-state index in [1.807, 2.05) is 21.0 Å². The normalized spacial score (nSPS) is 25.8. The molecule has 4 nitrogen and oxygen atoms in total. The second-order valence-corrected chi connectivity index (χ2v) is 4.89. The number of rotatable bonds is 4. The van der Waals surface area contributed by atoms with Crippen molar-refractivity contribution in [3.63, 3.8) is 0 Å². The standard InChI is InChI=1S/C12H25N3O/c1-4-14(2)12(16)9-15(3)11-7-5-10(13)6-8-11/h10-11H,4-9,13H2,1-3H3. The number of nitrogens with zero attached hydrogens (tertiary/aromatic N) is 2. The van der Waals surface area contributed by atoms with Crippen molar-refractivity contribution in [3.05, 3.63) is 0 Å². The van der Waals surface area contributed by atoms with E-state index in [0.717, 1.165) is 32.2 Å². The van der Waals surface area contributed by atoms with Crippen molar-refractivity contribution < 1.29 is 4.79 Å². The Kier molecular flexibility index (Phi) is 5.22. The average Bonchev–Trinajstić information content (AvgIpc) is 2.28. The molecule has 0 radical (unpaired) electrons. The minimum Gasteiger partial charge on any atom is -0.345 e. The Hall–Kier alpha value is -0.610. The van der Waals surface area contributed by atoms with Crippen LogP contribution < -0.4 is 5.73 Å². The Morgan fingerprint density at radius 1 is 1.25 bits per heavy atom. The summed E-state index contributed by atoms with van der Waals surface area (Å²) in [5.41, 5.74) is 5.87. The van der Waals surface area contributed by atoms with E-state index in [9.17, 15) is 4.79 Å². The van der Waals surface area contributed by atoms with Gasteiger partial charge in [-0.05, 0) is 39.7 Å². The summed E-state index contributed by atoms with van der Waals surface area (Å²) in [6.07, 6.45) is 4.43. The van der Waals surface area contributed by atoms with Gasteiger partial charge in [0.15, 0.2) is 0 Å². The fourth-order valence-corrected chi connectivity index (χ4v) is 2.18. The highest BCUT2D eigenvalue weighted by atomic mass is 16.2. The minimum atomic E-state index is 0.208. The van der Waals surface area contributed by atoms with Gasteiger partial charge in [0.25, 0.3) is 0 Å². The maximum absolute atomic E-state index is 11.8. The average molecular weight is 227 g/mol. The molecule has 1 fully saturated rings. The third-order valence-corrected chi connectivity index (χ3v) is 3.65. The Labute approximate surface area is 98.8 Å². The number of nitrogens with two attached hydrogens (primary N) is 1. The SMILES string of the molecule is CCN(C)C(=O)CN(C)C1CCC(N)CC1. The van der Waals surface area contributed by atoms with E-state index >= 15 is 0 Å². The first-order chi connectivity index (χ1) is 7.54. The van der Waals surface area contributed by atoms with Crippen LogP contribution in [0.3, 0.4) is 0 Å². The second-order valence-electron chi connectivity index (χ2n) is 4.89. The number of amides is 1. The zero-order chi connectivity index (χ0) is 12.1. The van der Waals surface area contributed by atoms with Crippen LogP contribution in [0, 0.1) is 0 Å². The number of likely N-dealkylation sites (N-methyl/N-ethyl adjacent to an activating group) is 2. The summed E-state index contributed by atoms with van der Waals surface area (Å²) in [6.45, 7) is 3.31. The molecule has 0 atom stereocenters. The van der Waals surface area contributed by atoms with Crippen molar-refractivity contribution in [1.82, 2.24) is 9.80 Å². The van der Waals surface area contributed by atoms with Crippen LogP contribution in [-0.2, 0) is 4.79 Å². The van der Waals surface area contributed by atoms with Crippen molar-refractivity contribution >= 4 is 5.91 Å². The minimum absolute atomic E-state index is 0.208. The van der Waals surface area contributed by atoms with Gasteiger partial charge in [-0.1, -0.05) is 0 Å². The van der Waals surface area contributed by atoms with Gasteiger partial charge < -0.3 is 10.6 Å². The third kappa shape index (κ3) is 3.76. The number of hydrogen-bond acceptors (Lipinski definition) is 3. The van der Waals surface area contributed by atoms with Crippen LogP contribution in [0.1, 0.15) is 32.6 Å². The van der Waals surface area contributed by atoms with E-state index in [1.54, 1.807) is 4.90 Å². The van der Waals surface area contributed by atoms with E-state index in [4.69, 9.17) is 5.73 Å². The molecular formula is C12H25N3O. The predicted octanol–water partition coefficient (Wildman–Crippen LogP) is 0.666. The second kappa shape index (κ2) is 6.21. The van der Waals surface area contributed by atoms with Gasteiger partial charge in [0.1, 0.15) is 0 Å². The van der Waals surface area contributed by atoms with Crippen molar-refractivity contribution in [2.24, 2.45) is 5.73 Å². The van der Waals surface area contributed by atoms with Gasteiger partial charge in [-0.2, -0.15) is 0 Å². The van der Waals surface area contributed by atoms with E-state index < -0.39 is 0 Å². The number of carbonyl (C=O) groups is 1. The molecule has 0 spiro atoms. The topological polar surface area (TPSA) is 49.6 Å². The summed E-state index contributed by atoms with van der Waals surface area (Å²) in [5.74, 6) is 0.208. The van der Waals surface area contributed by atoms with Crippen LogP contribution in [0.25, 0.3) is 0 Å². The first-order valence-corrected chi connectivity index (χ1v) is 6.24. The van der Waals surface area contributed by atoms with Gasteiger partial charge in [0.2, 0.25) is 5.91 Å². The molecule has 94 valence electrons. The Morgan fingerprint density at radius 3 is 2.31 bits per heavy atom. The lowest BCUT2D eigenvalue weighted by Crippen LogP contribution is -2.44. The molecule has 0 saturated heterocycles. The molecule has 0 aromatic carbocycles. The van der Waals surface area contributed by atoms with Crippen LogP contribution in [0.15, 0.2) is 0 Å². The van der Waals surface area contributed by atoms with Crippen LogP contribution in [0.4, 0.5) is 0 Å². The summed E-state index contributed by atoms with van der Waals surface area (Å²) >= 11 is 0. The van der Waals surface area contributed by atoms with E-state index in [1.165, 1.54) is 0 Å². The molecule has 0 bridgehead atoms. The molecule has 2 N–H and O–H groups in total. The molecule has 0 aromatic rings. The van der Waals surface area contributed by atoms with E-state index in [2.05, 4.69) is 4.90 Å². The molecule has 0 aromatic heterocycles. The fourth-order valence-electron chi connectivity index (χ4n) is 2.18. The molecule has 1 amide bonds. The van der Waals surface area contributed by atoms with Crippen molar-refractivity contribution in [2.75, 3.05) is 27.2 Å². The predicted molar refractivity (Wildman–Crippen MR) is 66.2 cm³/mol. The van der Waals surface area contributed by atoms with Gasteiger partial charge in [0.05, 0.1) is 6.54 Å². The lowest BCUT2D eigenvalue weighted by molar-refractivity contribution is -0.131. The summed E-state index contributed by atoms with van der Waals surface area (Å²) in [7, 11) is 3.90. The summed E-state index contributed by atoms with van der Waals surface area (Å²) < 4.78 is 0. The smallest absolute Gasteiger partial charge is 0.236 e. The first-order valence-electron chi connectivity index (χ1n) is 6.24.